The van der Waals surface area contributed by atoms with Gasteiger partial charge in [-0.2, -0.15) is 0 Å². The molecule has 0 N–H and O–H groups in total. The van der Waals surface area contributed by atoms with Crippen LogP contribution in [0.5, 0.6) is 0 Å². The summed E-state index contributed by atoms with van der Waals surface area (Å²) in [7, 11) is 0. The van der Waals surface area contributed by atoms with Crippen molar-refractivity contribution >= 4 is 126 Å². The third kappa shape index (κ3) is 36.0. The molecule has 666 valence electrons. The maximum atomic E-state index is 6.09. The summed E-state index contributed by atoms with van der Waals surface area (Å²) in [6.45, 7) is 76.0. The molecule has 0 fully saturated rings. The largest absolute Gasteiger partial charge is 0.456 e. The Hall–Kier alpha value is -10.9. The molecule has 0 amide bonds. The van der Waals surface area contributed by atoms with Crippen LogP contribution in [0.25, 0.3) is 69.6 Å². The molecule has 0 spiro atoms. The van der Waals surface area contributed by atoms with E-state index in [1.165, 1.54) is 70.4 Å². The van der Waals surface area contributed by atoms with Gasteiger partial charge in [0.25, 0.3) is 0 Å². The van der Waals surface area contributed by atoms with Gasteiger partial charge in [0.2, 0.25) is 0 Å². The predicted octanol–water partition coefficient (Wildman–Crippen LogP) is 42.3. The highest BCUT2D eigenvalue weighted by Crippen LogP contribution is 2.47. The summed E-state index contributed by atoms with van der Waals surface area (Å²) < 4.78 is 11.1. The van der Waals surface area contributed by atoms with Crippen LogP contribution in [0.2, 0.25) is 0 Å². The Labute approximate surface area is 753 Å². The van der Waals surface area contributed by atoms with Crippen LogP contribution in [-0.4, -0.2) is 4.57 Å². The lowest BCUT2D eigenvalue weighted by Gasteiger charge is -2.26. The molecule has 0 saturated carbocycles. The molecule has 3 heterocycles. The van der Waals surface area contributed by atoms with Crippen molar-refractivity contribution in [2.45, 2.75) is 263 Å². The molecule has 16 aromatic rings. The predicted molar refractivity (Wildman–Crippen MR) is 573 cm³/mol. The van der Waals surface area contributed by atoms with Crippen LogP contribution in [0.4, 0.5) is 51.2 Å². The summed E-state index contributed by atoms with van der Waals surface area (Å²) in [5.74, 6) is 0. The van der Waals surface area contributed by atoms with Crippen LogP contribution >= 0.6 is 11.3 Å². The lowest BCUT2D eigenvalue weighted by Crippen LogP contribution is -2.10. The maximum Gasteiger partial charge on any atom is 0.137 e. The van der Waals surface area contributed by atoms with Gasteiger partial charge in [-0.15, -0.1) is 11.3 Å². The van der Waals surface area contributed by atoms with Crippen LogP contribution in [0.15, 0.2) is 344 Å². The molecule has 0 saturated heterocycles. The van der Waals surface area contributed by atoms with E-state index in [9.17, 15) is 0 Å². The first kappa shape index (κ1) is 122. The zero-order valence-corrected chi connectivity index (χ0v) is 84.8. The van der Waals surface area contributed by atoms with E-state index in [1.807, 2.05) is 305 Å². The molecule has 0 bridgehead atoms. The molecular weight excluding hydrogens is 1500 g/mol. The second-order valence-corrected chi connectivity index (χ2v) is 21.5. The minimum atomic E-state index is 0.903. The lowest BCUT2D eigenvalue weighted by atomic mass is 10.1. The van der Waals surface area contributed by atoms with Gasteiger partial charge in [0.05, 0.1) is 33.5 Å². The summed E-state index contributed by atoms with van der Waals surface area (Å²) in [5, 5.41) is 7.41. The van der Waals surface area contributed by atoms with Crippen LogP contribution in [0.1, 0.15) is 263 Å². The first-order chi connectivity index (χ1) is 60.7. The highest BCUT2D eigenvalue weighted by molar-refractivity contribution is 7.26. The summed E-state index contributed by atoms with van der Waals surface area (Å²) in [6.07, 6.45) is 0. The van der Waals surface area contributed by atoms with Gasteiger partial charge in [-0.25, -0.2) is 0 Å². The summed E-state index contributed by atoms with van der Waals surface area (Å²) in [6, 6.07) is 119. The number of para-hydroxylation sites is 9. The first-order valence-electron chi connectivity index (χ1n) is 47.3. The average Bonchev–Trinajstić information content (AvgIpc) is 1.57. The fourth-order valence-electron chi connectivity index (χ4n) is 11.7. The van der Waals surface area contributed by atoms with Crippen molar-refractivity contribution in [1.82, 2.24) is 4.57 Å². The molecule has 5 nitrogen and oxygen atoms in total. The Morgan fingerprint density at radius 1 is 0.180 bits per heavy atom. The second kappa shape index (κ2) is 83.7. The maximum absolute atomic E-state index is 6.09. The van der Waals surface area contributed by atoms with Gasteiger partial charge >= 0.3 is 0 Å². The van der Waals surface area contributed by atoms with Crippen LogP contribution < -0.4 is 14.7 Å². The highest BCUT2D eigenvalue weighted by atomic mass is 32.1. The Morgan fingerprint density at radius 2 is 0.418 bits per heavy atom. The zero-order valence-electron chi connectivity index (χ0n) is 83.9. The number of aromatic nitrogens is 1. The minimum absolute atomic E-state index is 0.903. The van der Waals surface area contributed by atoms with Gasteiger partial charge in [-0.3, -0.25) is 0 Å². The number of rotatable bonds is 10. The molecule has 0 aliphatic heterocycles. The van der Waals surface area contributed by atoms with Gasteiger partial charge in [-0.05, 0) is 140 Å². The monoisotopic (exact) mass is 1670 g/mol. The average molecular weight is 1670 g/mol. The summed E-state index contributed by atoms with van der Waals surface area (Å²) in [5.41, 5.74) is 15.8. The van der Waals surface area contributed by atoms with Crippen molar-refractivity contribution in [1.29, 1.82) is 0 Å². The fraction of sp³-hybridized carbons (Fsp3) is 0.328. The van der Waals surface area contributed by atoms with Crippen LogP contribution in [-0.2, 0) is 0 Å². The van der Waals surface area contributed by atoms with E-state index >= 15 is 0 Å². The number of nitrogens with zero attached hydrogens (tertiary/aromatic N) is 4. The number of thiophene rings is 1. The Morgan fingerprint density at radius 3 is 0.770 bits per heavy atom. The van der Waals surface area contributed by atoms with Gasteiger partial charge < -0.3 is 23.7 Å². The molecular formula is C116H170N4OS. The van der Waals surface area contributed by atoms with E-state index in [1.54, 1.807) is 0 Å². The standard InChI is InChI=1S/C30H22N2.C24H17NO.C24H17NS.19C2H6/c1-4-13-23(14-5-1)31(24-15-6-2-7-16-24)28-21-12-22-29-30(28)26-19-10-11-20-27(26)32(29)25-17-8-3-9-18-25;2*1-3-10-18(11-4-1)25(19-12-5-2-6-13-19)21-15-9-17-23-24(21)20-14-7-8-16-22(20)26-23;19*1-2/h1-22H;2*1-17H;19*1-2H3. The van der Waals surface area contributed by atoms with Crippen molar-refractivity contribution < 1.29 is 4.42 Å². The summed E-state index contributed by atoms with van der Waals surface area (Å²) in [4.78, 5) is 6.98. The summed E-state index contributed by atoms with van der Waals surface area (Å²) >= 11 is 1.86. The molecule has 6 heteroatoms. The van der Waals surface area contributed by atoms with Gasteiger partial charge in [0.1, 0.15) is 11.2 Å². The lowest BCUT2D eigenvalue weighted by molar-refractivity contribution is 0.669. The fourth-order valence-corrected chi connectivity index (χ4v) is 12.8. The van der Waals surface area contributed by atoms with Crippen molar-refractivity contribution in [3.63, 3.8) is 0 Å². The number of furan rings is 1. The third-order valence-corrected chi connectivity index (χ3v) is 16.4. The first-order valence-corrected chi connectivity index (χ1v) is 48.2. The van der Waals surface area contributed by atoms with Gasteiger partial charge in [0, 0.05) is 76.1 Å². The molecule has 13 aromatic carbocycles. The quantitative estimate of drug-likeness (QED) is 0.136. The van der Waals surface area contributed by atoms with Crippen molar-refractivity contribution in [3.8, 4) is 5.69 Å². The van der Waals surface area contributed by atoms with Crippen molar-refractivity contribution in [2.24, 2.45) is 0 Å². The highest BCUT2D eigenvalue weighted by Gasteiger charge is 2.23. The van der Waals surface area contributed by atoms with E-state index in [2.05, 4.69) is 329 Å². The minimum Gasteiger partial charge on any atom is -0.456 e. The van der Waals surface area contributed by atoms with Crippen molar-refractivity contribution in [3.05, 3.63) is 340 Å². The Kier molecular flexibility index (Phi) is 83.7. The Bertz CT molecular complexity index is 4530. The number of benzene rings is 13. The SMILES string of the molecule is CC.CC.CC.CC.CC.CC.CC.CC.CC.CC.CC.CC.CC.CC.CC.CC.CC.CC.CC.c1ccc(N(c2ccccc2)c2cccc3c2c2ccccc2n3-c2ccccc2)cc1.c1ccc(N(c2ccccc2)c2cccc3oc4ccccc4c23)cc1.c1ccc(N(c2ccccc2)c2cccc3sc4ccccc4c23)cc1. The molecule has 3 aromatic heterocycles. The van der Waals surface area contributed by atoms with E-state index in [0.29, 0.717) is 0 Å². The third-order valence-electron chi connectivity index (χ3n) is 15.3. The number of fused-ring (bicyclic) bond motifs is 9. The zero-order chi connectivity index (χ0) is 94.0. The number of anilines is 9. The molecule has 16 rings (SSSR count). The normalized spacial score (nSPS) is 8.57. The van der Waals surface area contributed by atoms with E-state index in [4.69, 9.17) is 4.42 Å². The smallest absolute Gasteiger partial charge is 0.137 e. The van der Waals surface area contributed by atoms with Gasteiger partial charge in [-0.1, -0.05) is 463 Å². The van der Waals surface area contributed by atoms with E-state index in [-0.39, 0.29) is 0 Å². The van der Waals surface area contributed by atoms with E-state index < -0.39 is 0 Å². The second-order valence-electron chi connectivity index (χ2n) is 20.4. The number of hydrogen-bond donors (Lipinski definition) is 0. The molecule has 0 aliphatic carbocycles. The molecule has 0 aliphatic rings. The van der Waals surface area contributed by atoms with E-state index in [0.717, 1.165) is 50.4 Å². The van der Waals surface area contributed by atoms with Crippen LogP contribution in [0, 0.1) is 0 Å². The molecule has 0 atom stereocenters. The molecule has 0 radical (unpaired) electrons. The number of hydrogen-bond acceptors (Lipinski definition) is 5. The van der Waals surface area contributed by atoms with Crippen molar-refractivity contribution in [2.75, 3.05) is 14.7 Å². The van der Waals surface area contributed by atoms with Gasteiger partial charge in [0.15, 0.2) is 0 Å². The Balaban J connectivity index is -0.000000346. The molecule has 122 heavy (non-hydrogen) atoms. The van der Waals surface area contributed by atoms with Crippen LogP contribution in [0.3, 0.4) is 0 Å². The topological polar surface area (TPSA) is 27.8 Å². The molecule has 0 unspecified atom stereocenters.